The van der Waals surface area contributed by atoms with Gasteiger partial charge >= 0.3 is 5.97 Å². The largest absolute Gasteiger partial charge is 0.494 e. The van der Waals surface area contributed by atoms with E-state index in [9.17, 15) is 29.1 Å². The number of aliphatic carboxylic acids is 1. The summed E-state index contributed by atoms with van der Waals surface area (Å²) in [4.78, 5) is 64.2. The van der Waals surface area contributed by atoms with Crippen molar-refractivity contribution in [2.45, 2.75) is 55.4 Å². The van der Waals surface area contributed by atoms with Gasteiger partial charge in [-0.2, -0.15) is 5.10 Å². The Hall–Kier alpha value is -4.39. The van der Waals surface area contributed by atoms with Crippen LogP contribution >= 0.6 is 11.8 Å². The molecule has 2 aliphatic rings. The van der Waals surface area contributed by atoms with Crippen molar-refractivity contribution >= 4 is 47.6 Å². The third-order valence-electron chi connectivity index (χ3n) is 6.59. The fraction of sp³-hybridized carbons (Fsp3) is 0.357. The van der Waals surface area contributed by atoms with Gasteiger partial charge in [0.15, 0.2) is 0 Å². The maximum absolute atomic E-state index is 13.3. The summed E-state index contributed by atoms with van der Waals surface area (Å²) >= 11 is 1.30. The highest BCUT2D eigenvalue weighted by atomic mass is 32.2. The molecule has 0 bridgehead atoms. The number of ether oxygens (including phenoxy) is 1. The number of nitrogens with zero attached hydrogens (tertiary/aromatic N) is 2. The summed E-state index contributed by atoms with van der Waals surface area (Å²) in [5, 5.41) is 18.0. The van der Waals surface area contributed by atoms with E-state index in [0.717, 1.165) is 12.6 Å². The number of β-lactam (4-membered cyclic amide) rings is 1. The Morgan fingerprint density at radius 3 is 2.44 bits per heavy atom. The van der Waals surface area contributed by atoms with Crippen molar-refractivity contribution in [2.75, 3.05) is 6.61 Å². The number of hydrogen-bond donors (Lipinski definition) is 4. The normalized spacial score (nSPS) is 21.4. The first kappa shape index (κ1) is 29.6. The van der Waals surface area contributed by atoms with E-state index in [1.165, 1.54) is 16.7 Å². The van der Waals surface area contributed by atoms with Crippen molar-refractivity contribution < 1.29 is 33.8 Å². The molecule has 0 aromatic heterocycles. The Bertz CT molecular complexity index is 1350. The maximum atomic E-state index is 13.3. The Morgan fingerprint density at radius 1 is 1.12 bits per heavy atom. The first-order valence-electron chi connectivity index (χ1n) is 13.0. The first-order chi connectivity index (χ1) is 19.5. The molecule has 2 aromatic rings. The molecule has 0 radical (unpaired) electrons. The Balaban J connectivity index is 1.38. The molecule has 2 heterocycles. The maximum Gasteiger partial charge on any atom is 0.327 e. The van der Waals surface area contributed by atoms with Crippen LogP contribution in [0.2, 0.25) is 0 Å². The molecule has 0 saturated carbocycles. The van der Waals surface area contributed by atoms with Crippen molar-refractivity contribution in [3.8, 4) is 5.75 Å². The van der Waals surface area contributed by atoms with Gasteiger partial charge in [0, 0.05) is 10.3 Å². The summed E-state index contributed by atoms with van der Waals surface area (Å²) in [6.45, 7) is 6.03. The lowest BCUT2D eigenvalue weighted by atomic mass is 9.95. The molecule has 2 saturated heterocycles. The van der Waals surface area contributed by atoms with Gasteiger partial charge in [-0.3, -0.25) is 19.2 Å². The van der Waals surface area contributed by atoms with Crippen LogP contribution in [0, 0.1) is 0 Å². The molecule has 4 rings (SSSR count). The SMILES string of the molecule is CCCOc1ccc(C(=O)N/N=C/C(=O)NC(C(=O)NC2C(=O)N3[C@@H]2SC(C)(C)[C@@H]3C(=O)O)c2ccccc2)cc1. The number of nitrogens with one attached hydrogen (secondary N) is 3. The molecule has 0 aliphatic carbocycles. The molecule has 0 spiro atoms. The molecular weight excluding hydrogens is 550 g/mol. The van der Waals surface area contributed by atoms with Gasteiger partial charge in [0.2, 0.25) is 11.8 Å². The third-order valence-corrected chi connectivity index (χ3v) is 8.16. The summed E-state index contributed by atoms with van der Waals surface area (Å²) in [6.07, 6.45) is 1.69. The molecule has 4 N–H and O–H groups in total. The number of rotatable bonds is 11. The summed E-state index contributed by atoms with van der Waals surface area (Å²) in [5.74, 6) is -2.94. The molecule has 2 unspecified atom stereocenters. The van der Waals surface area contributed by atoms with E-state index < -0.39 is 57.8 Å². The summed E-state index contributed by atoms with van der Waals surface area (Å²) in [5.41, 5.74) is 3.03. The minimum absolute atomic E-state index is 0.310. The highest BCUT2D eigenvalue weighted by Gasteiger charge is 2.64. The molecule has 4 atom stereocenters. The molecular formula is C28H31N5O7S. The lowest BCUT2D eigenvalue weighted by molar-refractivity contribution is -0.161. The molecule has 216 valence electrons. The number of hydrazone groups is 1. The van der Waals surface area contributed by atoms with E-state index in [0.29, 0.717) is 23.5 Å². The van der Waals surface area contributed by atoms with Gasteiger partial charge in [-0.1, -0.05) is 37.3 Å². The molecule has 12 nitrogen and oxygen atoms in total. The van der Waals surface area contributed by atoms with Gasteiger partial charge in [-0.15, -0.1) is 11.8 Å². The van der Waals surface area contributed by atoms with E-state index in [1.807, 2.05) is 6.92 Å². The van der Waals surface area contributed by atoms with E-state index >= 15 is 0 Å². The van der Waals surface area contributed by atoms with Gasteiger partial charge in [0.25, 0.3) is 11.8 Å². The summed E-state index contributed by atoms with van der Waals surface area (Å²) in [6, 6.07) is 11.7. The van der Waals surface area contributed by atoms with Gasteiger partial charge in [0.1, 0.15) is 35.5 Å². The topological polar surface area (TPSA) is 166 Å². The van der Waals surface area contributed by atoms with Gasteiger partial charge in [-0.05, 0) is 50.1 Å². The Morgan fingerprint density at radius 2 is 1.80 bits per heavy atom. The molecule has 2 aliphatic heterocycles. The number of benzene rings is 2. The van der Waals surface area contributed by atoms with Crippen molar-refractivity contribution in [2.24, 2.45) is 5.10 Å². The fourth-order valence-electron chi connectivity index (χ4n) is 4.64. The second kappa shape index (κ2) is 12.4. The second-order valence-electron chi connectivity index (χ2n) is 10.0. The van der Waals surface area contributed by atoms with Crippen LogP contribution in [0.5, 0.6) is 5.75 Å². The van der Waals surface area contributed by atoms with Gasteiger partial charge in [-0.25, -0.2) is 10.2 Å². The zero-order valence-corrected chi connectivity index (χ0v) is 23.5. The van der Waals surface area contributed by atoms with Crippen molar-refractivity contribution in [3.63, 3.8) is 0 Å². The average Bonchev–Trinajstić information content (AvgIpc) is 3.21. The predicted molar refractivity (Wildman–Crippen MR) is 151 cm³/mol. The predicted octanol–water partition coefficient (Wildman–Crippen LogP) is 1.68. The number of carboxylic acid groups (broad SMARTS) is 1. The van der Waals surface area contributed by atoms with Crippen molar-refractivity contribution in [1.29, 1.82) is 0 Å². The van der Waals surface area contributed by atoms with Crippen LogP contribution in [0.25, 0.3) is 0 Å². The number of carbonyl (C=O) groups excluding carboxylic acids is 4. The monoisotopic (exact) mass is 581 g/mol. The number of amides is 4. The van der Waals surface area contributed by atoms with E-state index in [-0.39, 0.29) is 0 Å². The molecule has 2 aromatic carbocycles. The molecule has 4 amide bonds. The number of thioether (sulfide) groups is 1. The zero-order chi connectivity index (χ0) is 29.7. The minimum Gasteiger partial charge on any atom is -0.494 e. The average molecular weight is 582 g/mol. The van der Waals surface area contributed by atoms with Crippen LogP contribution in [0.3, 0.4) is 0 Å². The van der Waals surface area contributed by atoms with E-state index in [1.54, 1.807) is 68.4 Å². The van der Waals surface area contributed by atoms with Gasteiger partial charge in [0.05, 0.1) is 6.61 Å². The zero-order valence-electron chi connectivity index (χ0n) is 22.7. The smallest absolute Gasteiger partial charge is 0.327 e. The quantitative estimate of drug-likeness (QED) is 0.177. The highest BCUT2D eigenvalue weighted by Crippen LogP contribution is 2.50. The molecule has 41 heavy (non-hydrogen) atoms. The van der Waals surface area contributed by atoms with Crippen LogP contribution in [0.15, 0.2) is 59.7 Å². The van der Waals surface area contributed by atoms with Crippen LogP contribution < -0.4 is 20.8 Å². The number of hydrogen-bond acceptors (Lipinski definition) is 8. The number of fused-ring (bicyclic) bond motifs is 1. The number of carboxylic acids is 1. The van der Waals surface area contributed by atoms with Crippen molar-refractivity contribution in [3.05, 3.63) is 65.7 Å². The molecule has 13 heteroatoms. The van der Waals surface area contributed by atoms with Crippen LogP contribution in [-0.2, 0) is 19.2 Å². The Kier molecular flexibility index (Phi) is 8.96. The lowest BCUT2D eigenvalue weighted by Gasteiger charge is -2.44. The summed E-state index contributed by atoms with van der Waals surface area (Å²) < 4.78 is 4.74. The van der Waals surface area contributed by atoms with Crippen molar-refractivity contribution in [1.82, 2.24) is 21.0 Å². The first-order valence-corrected chi connectivity index (χ1v) is 13.9. The van der Waals surface area contributed by atoms with E-state index in [4.69, 9.17) is 4.74 Å². The van der Waals surface area contributed by atoms with E-state index in [2.05, 4.69) is 21.2 Å². The minimum atomic E-state index is -1.18. The fourth-order valence-corrected chi connectivity index (χ4v) is 6.27. The standard InChI is InChI=1S/C28H31N5O7S/c1-4-14-40-18-12-10-17(11-13-18)23(35)32-29-15-19(34)30-20(16-8-6-5-7-9-16)24(36)31-21-25(37)33-22(27(38)39)28(2,3)41-26(21)33/h5-13,15,20-22,26H,4,14H2,1-3H3,(H,30,34)(H,31,36)(H,32,35)(H,38,39)/b29-15+/t20?,21?,22-,26+/m0/s1. The number of carbonyl (C=O) groups is 5. The lowest BCUT2D eigenvalue weighted by Crippen LogP contribution is -2.71. The molecule has 2 fully saturated rings. The van der Waals surface area contributed by atoms with Crippen LogP contribution in [0.1, 0.15) is 49.2 Å². The second-order valence-corrected chi connectivity index (χ2v) is 11.8. The third kappa shape index (κ3) is 6.51. The van der Waals surface area contributed by atoms with Crippen LogP contribution in [-0.4, -0.2) is 74.6 Å². The highest BCUT2D eigenvalue weighted by molar-refractivity contribution is 8.01. The Labute approximate surface area is 240 Å². The summed E-state index contributed by atoms with van der Waals surface area (Å²) in [7, 11) is 0. The van der Waals surface area contributed by atoms with Crippen LogP contribution in [0.4, 0.5) is 0 Å². The van der Waals surface area contributed by atoms with Gasteiger partial charge < -0.3 is 25.4 Å².